The number of esters is 6. The van der Waals surface area contributed by atoms with Crippen LogP contribution >= 0.6 is 0 Å². The van der Waals surface area contributed by atoms with E-state index in [0.717, 1.165) is 46.8 Å². The van der Waals surface area contributed by atoms with Gasteiger partial charge in [-0.15, -0.1) is 0 Å². The molecule has 4 aromatic carbocycles. The molecule has 6 rings (SSSR count). The first-order chi connectivity index (χ1) is 27.5. The van der Waals surface area contributed by atoms with Gasteiger partial charge in [-0.3, -0.25) is 38.4 Å². The van der Waals surface area contributed by atoms with Crippen molar-refractivity contribution in [2.45, 2.75) is 41.5 Å². The third-order valence-electron chi connectivity index (χ3n) is 7.91. The minimum Gasteiger partial charge on any atom is -0.456 e. The highest BCUT2D eigenvalue weighted by Gasteiger charge is 2.28. The number of ether oxygens (including phenoxy) is 6. The molecule has 0 spiro atoms. The van der Waals surface area contributed by atoms with E-state index in [2.05, 4.69) is 0 Å². The highest BCUT2D eigenvalue weighted by molar-refractivity contribution is 6.01. The molecular weight excluding hydrogens is 760 g/mol. The van der Waals surface area contributed by atoms with Crippen LogP contribution in [0.15, 0.2) is 91.2 Å². The Labute approximate surface area is 326 Å². The fraction of sp³-hybridized carbons (Fsp3) is 0.143. The summed E-state index contributed by atoms with van der Waals surface area (Å²) < 4.78 is 44.4. The summed E-state index contributed by atoms with van der Waals surface area (Å²) in [6.45, 7) is 6.78. The predicted molar refractivity (Wildman–Crippen MR) is 203 cm³/mol. The Hall–Kier alpha value is -7.88. The van der Waals surface area contributed by atoms with Gasteiger partial charge < -0.3 is 37.3 Å². The van der Waals surface area contributed by atoms with Gasteiger partial charge in [0, 0.05) is 88.6 Å². The quantitative estimate of drug-likeness (QED) is 0.113. The number of fused-ring (bicyclic) bond motifs is 2. The molecule has 0 unspecified atom stereocenters. The summed E-state index contributed by atoms with van der Waals surface area (Å²) in [4.78, 5) is 100. The first-order valence-corrected chi connectivity index (χ1v) is 17.1. The van der Waals surface area contributed by atoms with Gasteiger partial charge in [-0.1, -0.05) is 0 Å². The smallest absolute Gasteiger partial charge is 0.308 e. The zero-order chi connectivity index (χ0) is 42.0. The summed E-state index contributed by atoms with van der Waals surface area (Å²) in [6.07, 6.45) is 0. The highest BCUT2D eigenvalue weighted by atomic mass is 16.6. The molecule has 0 fully saturated rings. The minimum atomic E-state index is -0.898. The highest BCUT2D eigenvalue weighted by Crippen LogP contribution is 2.48. The van der Waals surface area contributed by atoms with Crippen molar-refractivity contribution in [3.8, 4) is 68.3 Å². The van der Waals surface area contributed by atoms with Gasteiger partial charge in [-0.2, -0.15) is 0 Å². The van der Waals surface area contributed by atoms with Crippen LogP contribution in [0.25, 0.3) is 55.7 Å². The van der Waals surface area contributed by atoms with E-state index < -0.39 is 52.4 Å². The molecule has 0 amide bonds. The van der Waals surface area contributed by atoms with Crippen molar-refractivity contribution in [1.82, 2.24) is 0 Å². The van der Waals surface area contributed by atoms with Gasteiger partial charge in [-0.05, 0) is 42.5 Å². The molecule has 16 nitrogen and oxygen atoms in total. The van der Waals surface area contributed by atoms with E-state index in [1.54, 1.807) is 0 Å². The Balaban J connectivity index is 1.63. The molecule has 0 aliphatic carbocycles. The lowest BCUT2D eigenvalue weighted by atomic mass is 9.96. The number of carbonyl (C=O) groups excluding carboxylic acids is 6. The van der Waals surface area contributed by atoms with Gasteiger partial charge in [0.2, 0.25) is 0 Å². The van der Waals surface area contributed by atoms with Gasteiger partial charge in [-0.25, -0.2) is 0 Å². The molecule has 0 bridgehead atoms. The topological polar surface area (TPSA) is 218 Å². The van der Waals surface area contributed by atoms with Crippen LogP contribution in [0, 0.1) is 0 Å². The first-order valence-electron chi connectivity index (χ1n) is 17.1. The molecule has 294 valence electrons. The van der Waals surface area contributed by atoms with Crippen molar-refractivity contribution in [3.05, 3.63) is 93.2 Å². The summed E-state index contributed by atoms with van der Waals surface area (Å²) in [5.41, 5.74) is -1.46. The molecule has 0 saturated heterocycles. The second-order valence-corrected chi connectivity index (χ2v) is 12.5. The number of rotatable bonds is 9. The molecule has 0 radical (unpaired) electrons. The zero-order valence-electron chi connectivity index (χ0n) is 31.5. The molecule has 16 heteroatoms. The molecule has 6 aromatic rings. The first kappa shape index (κ1) is 39.8. The zero-order valence-corrected chi connectivity index (χ0v) is 31.5. The van der Waals surface area contributed by atoms with Gasteiger partial charge in [0.1, 0.15) is 62.2 Å². The second-order valence-electron chi connectivity index (χ2n) is 12.5. The number of benzene rings is 4. The van der Waals surface area contributed by atoms with Crippen molar-refractivity contribution in [1.29, 1.82) is 0 Å². The number of hydrogen-bond donors (Lipinski definition) is 0. The average molecular weight is 791 g/mol. The Bertz CT molecular complexity index is 2840. The molecule has 2 aromatic heterocycles. The summed E-state index contributed by atoms with van der Waals surface area (Å²) in [6, 6.07) is 16.0. The van der Waals surface area contributed by atoms with E-state index in [9.17, 15) is 38.4 Å². The van der Waals surface area contributed by atoms with Crippen LogP contribution in [0.3, 0.4) is 0 Å². The van der Waals surface area contributed by atoms with E-state index in [-0.39, 0.29) is 78.9 Å². The Morgan fingerprint density at radius 3 is 1.50 bits per heavy atom. The van der Waals surface area contributed by atoms with E-state index in [1.807, 2.05) is 0 Å². The van der Waals surface area contributed by atoms with Crippen molar-refractivity contribution in [2.75, 3.05) is 0 Å². The number of hydrogen-bond acceptors (Lipinski definition) is 16. The summed E-state index contributed by atoms with van der Waals surface area (Å²) in [5, 5.41) is -0.421. The van der Waals surface area contributed by atoms with Crippen LogP contribution in [0.2, 0.25) is 0 Å². The van der Waals surface area contributed by atoms with Crippen molar-refractivity contribution in [2.24, 2.45) is 0 Å². The molecule has 0 N–H and O–H groups in total. The molecule has 0 atom stereocenters. The molecule has 0 saturated carbocycles. The minimum absolute atomic E-state index is 0.0461. The third-order valence-corrected chi connectivity index (χ3v) is 7.91. The van der Waals surface area contributed by atoms with Crippen molar-refractivity contribution >= 4 is 57.8 Å². The maximum absolute atomic E-state index is 14.0. The van der Waals surface area contributed by atoms with Crippen LogP contribution in [0.4, 0.5) is 0 Å². The van der Waals surface area contributed by atoms with Crippen LogP contribution in [-0.2, 0) is 28.8 Å². The second kappa shape index (κ2) is 16.1. The molecular formula is C42H30O16. The normalized spacial score (nSPS) is 10.8. The molecule has 2 heterocycles. The predicted octanol–water partition coefficient (Wildman–Crippen LogP) is 6.45. The van der Waals surface area contributed by atoms with Gasteiger partial charge in [0.15, 0.2) is 16.6 Å². The third kappa shape index (κ3) is 8.65. The van der Waals surface area contributed by atoms with E-state index in [1.165, 1.54) is 67.6 Å². The monoisotopic (exact) mass is 790 g/mol. The molecule has 0 aliphatic heterocycles. The lowest BCUT2D eigenvalue weighted by Crippen LogP contribution is -2.12. The number of carbonyl (C=O) groups is 6. The van der Waals surface area contributed by atoms with Gasteiger partial charge in [0.05, 0.1) is 5.56 Å². The van der Waals surface area contributed by atoms with Crippen molar-refractivity contribution < 1.29 is 66.0 Å². The Morgan fingerprint density at radius 2 is 0.914 bits per heavy atom. The fourth-order valence-electron chi connectivity index (χ4n) is 5.95. The van der Waals surface area contributed by atoms with Gasteiger partial charge >= 0.3 is 35.8 Å². The molecule has 58 heavy (non-hydrogen) atoms. The lowest BCUT2D eigenvalue weighted by molar-refractivity contribution is -0.133. The van der Waals surface area contributed by atoms with Crippen molar-refractivity contribution in [3.63, 3.8) is 0 Å². The van der Waals surface area contributed by atoms with Crippen LogP contribution in [-0.4, -0.2) is 35.8 Å². The summed E-state index contributed by atoms with van der Waals surface area (Å²) in [5.74, 6) is -5.58. The van der Waals surface area contributed by atoms with E-state index >= 15 is 0 Å². The standard InChI is InChI=1S/C42H30O16/c1-19(43)51-27-10-7-25(8-11-27)33-17-31(50)41-38(57-33)18-37(55-23(5)47)39(42(41)56-24(6)48)29-13-26(9-12-32(29)53-21(3)45)34-16-30(49)40-35(54-22(4)46)14-28(52-20(2)44)15-36(40)58-34/h7-18H,1-6H3. The van der Waals surface area contributed by atoms with Crippen LogP contribution < -0.4 is 39.3 Å². The SMILES string of the molecule is CC(=O)Oc1ccc(-c2cc(=O)c3c(OC(C)=O)c(-c4cc(-c5cc(=O)c6c(OC(C)=O)cc(OC(C)=O)cc6o5)ccc4OC(C)=O)c(OC(C)=O)cc3o2)cc1. The Kier molecular flexibility index (Phi) is 11.0. The maximum atomic E-state index is 14.0. The van der Waals surface area contributed by atoms with E-state index in [4.69, 9.17) is 37.3 Å². The summed E-state index contributed by atoms with van der Waals surface area (Å²) >= 11 is 0. The van der Waals surface area contributed by atoms with E-state index in [0.29, 0.717) is 5.56 Å². The van der Waals surface area contributed by atoms with Crippen LogP contribution in [0.1, 0.15) is 41.5 Å². The largest absolute Gasteiger partial charge is 0.456 e. The van der Waals surface area contributed by atoms with Crippen LogP contribution in [0.5, 0.6) is 34.5 Å². The lowest BCUT2D eigenvalue weighted by Gasteiger charge is -2.19. The van der Waals surface area contributed by atoms with Gasteiger partial charge in [0.25, 0.3) is 0 Å². The summed E-state index contributed by atoms with van der Waals surface area (Å²) in [7, 11) is 0. The molecule has 0 aliphatic rings. The fourth-order valence-corrected chi connectivity index (χ4v) is 5.95. The maximum Gasteiger partial charge on any atom is 0.308 e. The Morgan fingerprint density at radius 1 is 0.431 bits per heavy atom. The average Bonchev–Trinajstić information content (AvgIpc) is 3.10.